The van der Waals surface area contributed by atoms with Gasteiger partial charge in [-0.05, 0) is 50.3 Å². The van der Waals surface area contributed by atoms with Gasteiger partial charge in [-0.3, -0.25) is 14.6 Å². The Kier molecular flexibility index (Phi) is 16.9. The van der Waals surface area contributed by atoms with Gasteiger partial charge in [-0.2, -0.15) is 0 Å². The van der Waals surface area contributed by atoms with E-state index in [0.717, 1.165) is 61.9 Å². The lowest BCUT2D eigenvalue weighted by Crippen LogP contribution is -2.36. The molecule has 0 aromatic carbocycles. The van der Waals surface area contributed by atoms with Crippen molar-refractivity contribution < 1.29 is 9.59 Å². The largest absolute Gasteiger partial charge is 0.358 e. The Morgan fingerprint density at radius 1 is 1.16 bits per heavy atom. The van der Waals surface area contributed by atoms with Crippen molar-refractivity contribution in [3.8, 4) is 0 Å². The number of likely N-dealkylation sites (N-methyl/N-ethyl adjacent to an activating group) is 2. The number of aliphatic imine (C=N–C) groups is 1. The van der Waals surface area contributed by atoms with Crippen LogP contribution in [0.4, 0.5) is 0 Å². The highest BCUT2D eigenvalue weighted by Crippen LogP contribution is 2.35. The summed E-state index contributed by atoms with van der Waals surface area (Å²) in [5.41, 5.74) is 2.73. The number of carbonyl (C=O) groups excluding carboxylic acids is 2. The average Bonchev–Trinajstić information content (AvgIpc) is 3.48. The van der Waals surface area contributed by atoms with Crippen LogP contribution in [0.15, 0.2) is 16.3 Å². The Labute approximate surface area is 197 Å². The van der Waals surface area contributed by atoms with Crippen molar-refractivity contribution in [1.82, 2.24) is 15.5 Å². The predicted molar refractivity (Wildman–Crippen MR) is 137 cm³/mol. The van der Waals surface area contributed by atoms with Gasteiger partial charge in [0.05, 0.1) is 6.54 Å². The Morgan fingerprint density at radius 3 is 2.25 bits per heavy atom. The molecule has 0 aromatic rings. The van der Waals surface area contributed by atoms with Crippen LogP contribution in [-0.2, 0) is 9.59 Å². The van der Waals surface area contributed by atoms with E-state index in [4.69, 9.17) is 0 Å². The molecule has 1 heterocycles. The van der Waals surface area contributed by atoms with Crippen molar-refractivity contribution in [3.63, 3.8) is 0 Å². The van der Waals surface area contributed by atoms with Crippen LogP contribution in [0.2, 0.25) is 0 Å². The van der Waals surface area contributed by atoms with Crippen LogP contribution in [0.25, 0.3) is 0 Å². The minimum absolute atomic E-state index is 0.00921. The molecule has 1 aliphatic heterocycles. The molecule has 0 saturated heterocycles. The van der Waals surface area contributed by atoms with Gasteiger partial charge < -0.3 is 15.5 Å². The van der Waals surface area contributed by atoms with Gasteiger partial charge in [0.1, 0.15) is 5.70 Å². The first-order valence-electron chi connectivity index (χ1n) is 12.6. The van der Waals surface area contributed by atoms with E-state index in [0.29, 0.717) is 5.70 Å². The van der Waals surface area contributed by atoms with E-state index in [1.165, 1.54) is 25.7 Å². The molecular weight excluding hydrogens is 400 g/mol. The highest BCUT2D eigenvalue weighted by molar-refractivity contribution is 6.03. The highest BCUT2D eigenvalue weighted by atomic mass is 16.2. The number of nitrogens with one attached hydrogen (secondary N) is 2. The summed E-state index contributed by atoms with van der Waals surface area (Å²) < 4.78 is 0. The highest BCUT2D eigenvalue weighted by Gasteiger charge is 2.26. The fourth-order valence-electron chi connectivity index (χ4n) is 3.04. The summed E-state index contributed by atoms with van der Waals surface area (Å²) in [5.74, 6) is 1.26. The minimum Gasteiger partial charge on any atom is -0.358 e. The first-order valence-corrected chi connectivity index (χ1v) is 12.6. The number of rotatable bonds is 11. The first-order chi connectivity index (χ1) is 15.2. The summed E-state index contributed by atoms with van der Waals surface area (Å²) in [5, 5.41) is 5.20. The molecule has 0 unspecified atom stereocenters. The molecule has 2 rings (SSSR count). The topological polar surface area (TPSA) is 73.8 Å². The molecule has 2 N–H and O–H groups in total. The van der Waals surface area contributed by atoms with Gasteiger partial charge in [-0.25, -0.2) is 0 Å². The molecule has 186 valence electrons. The Bertz CT molecular complexity index is 604. The van der Waals surface area contributed by atoms with Crippen LogP contribution < -0.4 is 10.6 Å². The van der Waals surface area contributed by atoms with E-state index < -0.39 is 0 Å². The molecular formula is C26H50N4O2. The monoisotopic (exact) mass is 450 g/mol. The van der Waals surface area contributed by atoms with Gasteiger partial charge in [-0.15, -0.1) is 0 Å². The summed E-state index contributed by atoms with van der Waals surface area (Å²) in [6.07, 6.45) is 9.21. The lowest BCUT2D eigenvalue weighted by Gasteiger charge is -2.17. The molecule has 1 aliphatic carbocycles. The first kappa shape index (κ1) is 30.3. The molecule has 0 spiro atoms. The second-order valence-corrected chi connectivity index (χ2v) is 9.68. The lowest BCUT2D eigenvalue weighted by molar-refractivity contribution is -0.124. The summed E-state index contributed by atoms with van der Waals surface area (Å²) in [7, 11) is 3.65. The fourth-order valence-corrected chi connectivity index (χ4v) is 3.04. The minimum atomic E-state index is -0.232. The number of hydrogen-bond donors (Lipinski definition) is 2. The number of hydrogen-bond acceptors (Lipinski definition) is 4. The van der Waals surface area contributed by atoms with E-state index >= 15 is 0 Å². The zero-order chi connectivity index (χ0) is 24.5. The van der Waals surface area contributed by atoms with Crippen LogP contribution in [0.5, 0.6) is 0 Å². The summed E-state index contributed by atoms with van der Waals surface area (Å²) >= 11 is 0. The maximum absolute atomic E-state index is 12.5. The molecule has 0 radical (unpaired) electrons. The van der Waals surface area contributed by atoms with Crippen molar-refractivity contribution in [3.05, 3.63) is 11.3 Å². The van der Waals surface area contributed by atoms with Crippen LogP contribution in [-0.4, -0.2) is 56.2 Å². The second-order valence-electron chi connectivity index (χ2n) is 9.68. The fraction of sp³-hybridized carbons (Fsp3) is 0.808. The standard InChI is InChI=1S/C19H32N4O2.C4H10.C3H8/c1-4-5-10-23(3)13-15-11-16(9-8-14-6-7-14)22-18(15)19(25)21-12-17(24)20-2;1-4(2)3;1-3-2/h14H,4-13H2,1-3H3,(H,20,24)(H,21,25);4H,1-3H3;3H2,1-2H3. The molecule has 6 heteroatoms. The molecule has 6 nitrogen and oxygen atoms in total. The normalized spacial score (nSPS) is 15.0. The van der Waals surface area contributed by atoms with Gasteiger partial charge in [0.2, 0.25) is 5.91 Å². The summed E-state index contributed by atoms with van der Waals surface area (Å²) in [6.45, 7) is 14.7. The smallest absolute Gasteiger partial charge is 0.270 e. The van der Waals surface area contributed by atoms with Gasteiger partial charge in [0.25, 0.3) is 5.91 Å². The number of amides is 2. The van der Waals surface area contributed by atoms with Crippen molar-refractivity contribution in [2.75, 3.05) is 33.7 Å². The molecule has 32 heavy (non-hydrogen) atoms. The zero-order valence-electron chi connectivity index (χ0n) is 22.1. The number of nitrogens with zero attached hydrogens (tertiary/aromatic N) is 2. The van der Waals surface area contributed by atoms with E-state index in [-0.39, 0.29) is 18.4 Å². The van der Waals surface area contributed by atoms with Crippen molar-refractivity contribution in [1.29, 1.82) is 0 Å². The second kappa shape index (κ2) is 17.8. The van der Waals surface area contributed by atoms with Crippen LogP contribution >= 0.6 is 0 Å². The molecule has 2 amide bonds. The van der Waals surface area contributed by atoms with Crippen LogP contribution in [0.1, 0.15) is 92.9 Å². The molecule has 0 bridgehead atoms. The zero-order valence-corrected chi connectivity index (χ0v) is 22.1. The third-order valence-electron chi connectivity index (χ3n) is 4.82. The Balaban J connectivity index is 0.00000121. The quantitative estimate of drug-likeness (QED) is 0.468. The molecule has 0 aromatic heterocycles. The van der Waals surface area contributed by atoms with E-state index in [9.17, 15) is 9.59 Å². The lowest BCUT2D eigenvalue weighted by atomic mass is 10.0. The molecule has 0 atom stereocenters. The third-order valence-corrected chi connectivity index (χ3v) is 4.82. The maximum Gasteiger partial charge on any atom is 0.270 e. The van der Waals surface area contributed by atoms with Crippen molar-refractivity contribution in [2.45, 2.75) is 92.9 Å². The van der Waals surface area contributed by atoms with E-state index in [2.05, 4.69) is 69.1 Å². The number of unbranched alkanes of at least 4 members (excludes halogenated alkanes) is 1. The summed E-state index contributed by atoms with van der Waals surface area (Å²) in [4.78, 5) is 30.8. The molecule has 1 fully saturated rings. The predicted octanol–water partition coefficient (Wildman–Crippen LogP) is 4.95. The third kappa shape index (κ3) is 15.2. The van der Waals surface area contributed by atoms with Crippen molar-refractivity contribution >= 4 is 17.5 Å². The van der Waals surface area contributed by atoms with Gasteiger partial charge >= 0.3 is 0 Å². The molecule has 1 saturated carbocycles. The van der Waals surface area contributed by atoms with Crippen molar-refractivity contribution in [2.24, 2.45) is 16.8 Å². The van der Waals surface area contributed by atoms with Gasteiger partial charge in [-0.1, -0.05) is 67.2 Å². The Morgan fingerprint density at radius 2 is 1.75 bits per heavy atom. The van der Waals surface area contributed by atoms with Crippen LogP contribution in [0.3, 0.4) is 0 Å². The average molecular weight is 451 g/mol. The SMILES string of the molecule is CC(C)C.CCC.CCCCN(C)CC1=C(C(=O)NCC(=O)NC)N=C(CCC2CC2)C1. The maximum atomic E-state index is 12.5. The van der Waals surface area contributed by atoms with E-state index in [1.54, 1.807) is 7.05 Å². The van der Waals surface area contributed by atoms with Crippen LogP contribution in [0, 0.1) is 11.8 Å². The van der Waals surface area contributed by atoms with Gasteiger partial charge in [0, 0.05) is 25.7 Å². The molecule has 2 aliphatic rings. The van der Waals surface area contributed by atoms with E-state index in [1.807, 2.05) is 0 Å². The van der Waals surface area contributed by atoms with Gasteiger partial charge in [0.15, 0.2) is 0 Å². The number of carbonyl (C=O) groups is 2. The Hall–Kier alpha value is -1.69. The summed E-state index contributed by atoms with van der Waals surface area (Å²) in [6, 6.07) is 0.